The Hall–Kier alpha value is -1.85. The molecule has 1 aliphatic heterocycles. The monoisotopic (exact) mass is 357 g/mol. The number of unbranched alkanes of at least 4 members (excludes halogenated alkanes) is 3. The highest BCUT2D eigenvalue weighted by Crippen LogP contribution is 2.23. The highest BCUT2D eigenvalue weighted by atomic mass is 16.5. The molecule has 1 aromatic carbocycles. The first-order chi connectivity index (χ1) is 12.8. The second-order valence-corrected chi connectivity index (χ2v) is 7.14. The van der Waals surface area contributed by atoms with Gasteiger partial charge in [0, 0.05) is 48.8 Å². The quantitative estimate of drug-likeness (QED) is 0.668. The van der Waals surface area contributed by atoms with Gasteiger partial charge in [0.25, 0.3) is 0 Å². The van der Waals surface area contributed by atoms with Gasteiger partial charge in [0.2, 0.25) is 5.91 Å². The molecule has 26 heavy (non-hydrogen) atoms. The number of benzene rings is 1. The highest BCUT2D eigenvalue weighted by molar-refractivity contribution is 5.94. The van der Waals surface area contributed by atoms with Gasteiger partial charge in [-0.3, -0.25) is 9.69 Å². The molecule has 5 nitrogen and oxygen atoms in total. The van der Waals surface area contributed by atoms with Crippen molar-refractivity contribution in [1.29, 1.82) is 0 Å². The Morgan fingerprint density at radius 2 is 2.08 bits per heavy atom. The van der Waals surface area contributed by atoms with E-state index >= 15 is 0 Å². The number of nitrogens with zero attached hydrogens (tertiary/aromatic N) is 1. The van der Waals surface area contributed by atoms with Crippen molar-refractivity contribution in [2.24, 2.45) is 0 Å². The van der Waals surface area contributed by atoms with Crippen LogP contribution in [0, 0.1) is 0 Å². The maximum Gasteiger partial charge on any atom is 0.224 e. The summed E-state index contributed by atoms with van der Waals surface area (Å²) in [5.74, 6) is 0.117. The van der Waals surface area contributed by atoms with Gasteiger partial charge >= 0.3 is 0 Å². The first-order valence-corrected chi connectivity index (χ1v) is 9.96. The van der Waals surface area contributed by atoms with Gasteiger partial charge in [-0.2, -0.15) is 0 Å². The lowest BCUT2D eigenvalue weighted by atomic mass is 10.1. The van der Waals surface area contributed by atoms with Crippen molar-refractivity contribution in [3.63, 3.8) is 0 Å². The molecule has 2 aromatic rings. The molecule has 0 bridgehead atoms. The molecule has 1 saturated heterocycles. The summed E-state index contributed by atoms with van der Waals surface area (Å²) in [5, 5.41) is 4.26. The largest absolute Gasteiger partial charge is 0.379 e. The number of nitrogens with one attached hydrogen (secondary N) is 2. The molecule has 142 valence electrons. The second-order valence-electron chi connectivity index (χ2n) is 7.14. The van der Waals surface area contributed by atoms with Crippen LogP contribution < -0.4 is 5.32 Å². The van der Waals surface area contributed by atoms with Crippen LogP contribution in [0.5, 0.6) is 0 Å². The fourth-order valence-corrected chi connectivity index (χ4v) is 3.50. The third-order valence-corrected chi connectivity index (χ3v) is 5.11. The molecule has 2 N–H and O–H groups in total. The Labute approximate surface area is 156 Å². The number of carbonyl (C=O) groups excluding carboxylic acids is 1. The molecule has 3 rings (SSSR count). The first-order valence-electron chi connectivity index (χ1n) is 9.96. The topological polar surface area (TPSA) is 57.4 Å². The molecule has 0 unspecified atom stereocenters. The van der Waals surface area contributed by atoms with Crippen molar-refractivity contribution in [3.8, 4) is 0 Å². The van der Waals surface area contributed by atoms with Gasteiger partial charge in [0.05, 0.1) is 13.2 Å². The van der Waals surface area contributed by atoms with Crippen molar-refractivity contribution >= 4 is 22.5 Å². The number of aromatic nitrogens is 1. The number of hydrogen-bond donors (Lipinski definition) is 2. The number of hydrogen-bond acceptors (Lipinski definition) is 3. The summed E-state index contributed by atoms with van der Waals surface area (Å²) < 4.78 is 5.41. The van der Waals surface area contributed by atoms with Crippen LogP contribution in [0.3, 0.4) is 0 Å². The number of aromatic amines is 1. The number of rotatable bonds is 9. The van der Waals surface area contributed by atoms with Gasteiger partial charge in [0.1, 0.15) is 0 Å². The first kappa shape index (κ1) is 18.9. The summed E-state index contributed by atoms with van der Waals surface area (Å²) in [4.78, 5) is 17.9. The molecule has 1 fully saturated rings. The lowest BCUT2D eigenvalue weighted by Crippen LogP contribution is -2.37. The summed E-state index contributed by atoms with van der Waals surface area (Å²) in [5.41, 5.74) is 3.33. The van der Waals surface area contributed by atoms with Gasteiger partial charge in [-0.05, 0) is 36.6 Å². The normalized spacial score (nSPS) is 15.4. The molecule has 0 aliphatic carbocycles. The Morgan fingerprint density at radius 3 is 2.88 bits per heavy atom. The minimum atomic E-state index is 0.117. The molecule has 0 spiro atoms. The van der Waals surface area contributed by atoms with E-state index in [1.165, 1.54) is 23.8 Å². The van der Waals surface area contributed by atoms with Crippen LogP contribution in [0.1, 0.15) is 44.6 Å². The number of ether oxygens (including phenoxy) is 1. The SMILES string of the molecule is CCCCCCC(=O)Nc1ccc2[nH]cc(CCN3CCOCC3)c2c1. The van der Waals surface area contributed by atoms with Gasteiger partial charge in [-0.25, -0.2) is 0 Å². The van der Waals surface area contributed by atoms with Crippen molar-refractivity contribution < 1.29 is 9.53 Å². The fourth-order valence-electron chi connectivity index (χ4n) is 3.50. The van der Waals surface area contributed by atoms with Crippen molar-refractivity contribution in [1.82, 2.24) is 9.88 Å². The van der Waals surface area contributed by atoms with E-state index in [4.69, 9.17) is 4.74 Å². The van der Waals surface area contributed by atoms with E-state index in [2.05, 4.69) is 40.5 Å². The molecule has 2 heterocycles. The minimum Gasteiger partial charge on any atom is -0.379 e. The lowest BCUT2D eigenvalue weighted by molar-refractivity contribution is -0.116. The summed E-state index contributed by atoms with van der Waals surface area (Å²) >= 11 is 0. The van der Waals surface area contributed by atoms with Crippen LogP contribution in [-0.4, -0.2) is 48.6 Å². The van der Waals surface area contributed by atoms with Crippen molar-refractivity contribution in [3.05, 3.63) is 30.0 Å². The predicted molar refractivity (Wildman–Crippen MR) is 107 cm³/mol. The summed E-state index contributed by atoms with van der Waals surface area (Å²) in [6.45, 7) is 6.93. The Kier molecular flexibility index (Phi) is 7.09. The summed E-state index contributed by atoms with van der Waals surface area (Å²) in [6.07, 6.45) is 8.21. The van der Waals surface area contributed by atoms with Crippen LogP contribution in [0.15, 0.2) is 24.4 Å². The van der Waals surface area contributed by atoms with Gasteiger partial charge in [-0.1, -0.05) is 26.2 Å². The number of fused-ring (bicyclic) bond motifs is 1. The molecule has 1 amide bonds. The Bertz CT molecular complexity index is 704. The molecule has 0 radical (unpaired) electrons. The second kappa shape index (κ2) is 9.74. The van der Waals surface area contributed by atoms with Crippen LogP contribution in [-0.2, 0) is 16.0 Å². The van der Waals surface area contributed by atoms with Crippen LogP contribution in [0.4, 0.5) is 5.69 Å². The number of morpholine rings is 1. The van der Waals surface area contributed by atoms with Gasteiger partial charge in [0.15, 0.2) is 0 Å². The third-order valence-electron chi connectivity index (χ3n) is 5.11. The zero-order chi connectivity index (χ0) is 18.2. The smallest absolute Gasteiger partial charge is 0.224 e. The Morgan fingerprint density at radius 1 is 1.23 bits per heavy atom. The van der Waals surface area contributed by atoms with E-state index in [1.807, 2.05) is 6.07 Å². The molecule has 1 aromatic heterocycles. The third kappa shape index (κ3) is 5.32. The van der Waals surface area contributed by atoms with E-state index in [-0.39, 0.29) is 5.91 Å². The van der Waals surface area contributed by atoms with E-state index in [1.54, 1.807) is 0 Å². The van der Waals surface area contributed by atoms with E-state index in [9.17, 15) is 4.79 Å². The number of amides is 1. The molecule has 0 saturated carbocycles. The number of anilines is 1. The highest BCUT2D eigenvalue weighted by Gasteiger charge is 2.12. The molecule has 0 atom stereocenters. The van der Waals surface area contributed by atoms with E-state index < -0.39 is 0 Å². The summed E-state index contributed by atoms with van der Waals surface area (Å²) in [6, 6.07) is 6.14. The average Bonchev–Trinajstić information content (AvgIpc) is 3.07. The minimum absolute atomic E-state index is 0.117. The maximum atomic E-state index is 12.1. The zero-order valence-electron chi connectivity index (χ0n) is 15.9. The standard InChI is InChI=1S/C21H31N3O2/c1-2-3-4-5-6-21(25)23-18-7-8-20-19(15-18)17(16-22-20)9-10-24-11-13-26-14-12-24/h7-8,15-16,22H,2-6,9-14H2,1H3,(H,23,25). The van der Waals surface area contributed by atoms with Gasteiger partial charge < -0.3 is 15.0 Å². The fraction of sp³-hybridized carbons (Fsp3) is 0.571. The zero-order valence-corrected chi connectivity index (χ0v) is 15.9. The predicted octanol–water partition coefficient (Wildman–Crippen LogP) is 3.95. The maximum absolute atomic E-state index is 12.1. The van der Waals surface area contributed by atoms with E-state index in [0.29, 0.717) is 6.42 Å². The molecule has 1 aliphatic rings. The number of H-pyrrole nitrogens is 1. The average molecular weight is 357 g/mol. The Balaban J connectivity index is 1.57. The lowest BCUT2D eigenvalue weighted by Gasteiger charge is -2.26. The summed E-state index contributed by atoms with van der Waals surface area (Å²) in [7, 11) is 0. The van der Waals surface area contributed by atoms with Gasteiger partial charge in [-0.15, -0.1) is 0 Å². The van der Waals surface area contributed by atoms with Crippen molar-refractivity contribution in [2.45, 2.75) is 45.4 Å². The molecular formula is C21H31N3O2. The number of carbonyl (C=O) groups is 1. The van der Waals surface area contributed by atoms with Crippen LogP contribution in [0.2, 0.25) is 0 Å². The molecule has 5 heteroatoms. The van der Waals surface area contributed by atoms with E-state index in [0.717, 1.165) is 63.3 Å². The molecular weight excluding hydrogens is 326 g/mol. The van der Waals surface area contributed by atoms with Crippen molar-refractivity contribution in [2.75, 3.05) is 38.2 Å². The van der Waals surface area contributed by atoms with Crippen LogP contribution >= 0.6 is 0 Å². The van der Waals surface area contributed by atoms with Crippen LogP contribution in [0.25, 0.3) is 10.9 Å².